The third-order valence-electron chi connectivity index (χ3n) is 0.741. The third kappa shape index (κ3) is 4.89. The standard InChI is InChI=1S/C5H9N3O3/c1-8(2)5(11)7-6-3-4(9)10/h3H,1-2H3,(H,7,11)(H,9,10)/b6-3+. The number of hydrazone groups is 1. The molecule has 0 spiro atoms. The average Bonchev–Trinajstić information content (AvgIpc) is 1.86. The van der Waals surface area contributed by atoms with Gasteiger partial charge in [-0.05, 0) is 0 Å². The number of carboxylic acid groups (broad SMARTS) is 1. The van der Waals surface area contributed by atoms with Gasteiger partial charge in [-0.3, -0.25) is 0 Å². The molecule has 0 aromatic rings. The van der Waals surface area contributed by atoms with Crippen LogP contribution < -0.4 is 5.43 Å². The Hall–Kier alpha value is -1.59. The number of carbonyl (C=O) groups excluding carboxylic acids is 1. The van der Waals surface area contributed by atoms with Gasteiger partial charge in [0.15, 0.2) is 0 Å². The Morgan fingerprint density at radius 3 is 2.45 bits per heavy atom. The summed E-state index contributed by atoms with van der Waals surface area (Å²) in [7, 11) is 3.04. The highest BCUT2D eigenvalue weighted by Gasteiger charge is 1.98. The van der Waals surface area contributed by atoms with Crippen LogP contribution in [0.5, 0.6) is 0 Å². The van der Waals surface area contributed by atoms with Crippen LogP contribution in [0.2, 0.25) is 0 Å². The van der Waals surface area contributed by atoms with E-state index in [9.17, 15) is 9.59 Å². The van der Waals surface area contributed by atoms with Gasteiger partial charge in [-0.2, -0.15) is 5.10 Å². The molecule has 6 nitrogen and oxygen atoms in total. The fourth-order valence-electron chi connectivity index (χ4n) is 0.243. The summed E-state index contributed by atoms with van der Waals surface area (Å²) in [6, 6.07) is -0.470. The molecule has 62 valence electrons. The quantitative estimate of drug-likeness (QED) is 0.414. The average molecular weight is 159 g/mol. The second kappa shape index (κ2) is 4.26. The minimum Gasteiger partial charge on any atom is -0.477 e. The summed E-state index contributed by atoms with van der Waals surface area (Å²) in [5, 5.41) is 11.2. The van der Waals surface area contributed by atoms with E-state index in [1.807, 2.05) is 5.43 Å². The molecule has 0 aliphatic carbocycles. The van der Waals surface area contributed by atoms with Crippen molar-refractivity contribution in [3.05, 3.63) is 0 Å². The first kappa shape index (κ1) is 9.41. The molecule has 0 saturated carbocycles. The largest absolute Gasteiger partial charge is 0.477 e. The first-order valence-corrected chi connectivity index (χ1v) is 2.77. The van der Waals surface area contributed by atoms with E-state index in [2.05, 4.69) is 5.10 Å². The van der Waals surface area contributed by atoms with Crippen molar-refractivity contribution in [3.63, 3.8) is 0 Å². The predicted octanol–water partition coefficient (Wildman–Crippen LogP) is -0.672. The van der Waals surface area contributed by atoms with Gasteiger partial charge >= 0.3 is 12.0 Å². The SMILES string of the molecule is CN(C)C(=O)N/N=C/C(=O)O. The number of hydrogen-bond donors (Lipinski definition) is 2. The predicted molar refractivity (Wildman–Crippen MR) is 38.3 cm³/mol. The van der Waals surface area contributed by atoms with Gasteiger partial charge in [-0.15, -0.1) is 0 Å². The van der Waals surface area contributed by atoms with Crippen LogP contribution in [-0.4, -0.2) is 42.3 Å². The Morgan fingerprint density at radius 1 is 1.55 bits per heavy atom. The highest BCUT2D eigenvalue weighted by Crippen LogP contribution is 1.74. The number of hydrogen-bond acceptors (Lipinski definition) is 3. The fraction of sp³-hybridized carbons (Fsp3) is 0.400. The van der Waals surface area contributed by atoms with Gasteiger partial charge in [0.2, 0.25) is 0 Å². The molecule has 0 rings (SSSR count). The van der Waals surface area contributed by atoms with E-state index in [1.54, 1.807) is 0 Å². The molecule has 0 atom stereocenters. The van der Waals surface area contributed by atoms with E-state index >= 15 is 0 Å². The van der Waals surface area contributed by atoms with Gasteiger partial charge in [-0.25, -0.2) is 15.0 Å². The third-order valence-corrected chi connectivity index (χ3v) is 0.741. The molecule has 0 radical (unpaired) electrons. The van der Waals surface area contributed by atoms with Crippen LogP contribution in [0.15, 0.2) is 5.10 Å². The first-order valence-electron chi connectivity index (χ1n) is 2.77. The van der Waals surface area contributed by atoms with Crippen LogP contribution in [0, 0.1) is 0 Å². The maximum Gasteiger partial charge on any atom is 0.348 e. The van der Waals surface area contributed by atoms with Crippen molar-refractivity contribution in [2.45, 2.75) is 0 Å². The molecule has 6 heteroatoms. The van der Waals surface area contributed by atoms with Crippen molar-refractivity contribution in [3.8, 4) is 0 Å². The molecule has 2 N–H and O–H groups in total. The Labute approximate surface area is 63.5 Å². The van der Waals surface area contributed by atoms with E-state index in [0.29, 0.717) is 6.21 Å². The zero-order valence-corrected chi connectivity index (χ0v) is 6.24. The fourth-order valence-corrected chi connectivity index (χ4v) is 0.243. The Balaban J connectivity index is 3.71. The Kier molecular flexibility index (Phi) is 3.65. The lowest BCUT2D eigenvalue weighted by Gasteiger charge is -2.06. The smallest absolute Gasteiger partial charge is 0.348 e. The zero-order valence-electron chi connectivity index (χ0n) is 6.24. The number of aliphatic carboxylic acids is 1. The minimum absolute atomic E-state index is 0.470. The molecule has 0 aromatic carbocycles. The van der Waals surface area contributed by atoms with Gasteiger partial charge in [0.25, 0.3) is 0 Å². The summed E-state index contributed by atoms with van der Waals surface area (Å²) >= 11 is 0. The number of nitrogens with one attached hydrogen (secondary N) is 1. The molecule has 0 saturated heterocycles. The summed E-state index contributed by atoms with van der Waals surface area (Å²) in [6.45, 7) is 0. The normalized spacial score (nSPS) is 9.64. The number of nitrogens with zero attached hydrogens (tertiary/aromatic N) is 2. The molecular weight excluding hydrogens is 150 g/mol. The topological polar surface area (TPSA) is 82.0 Å². The minimum atomic E-state index is -1.20. The zero-order chi connectivity index (χ0) is 8.85. The Bertz CT molecular complexity index is 187. The van der Waals surface area contributed by atoms with Crippen molar-refractivity contribution in [2.24, 2.45) is 5.10 Å². The van der Waals surface area contributed by atoms with Crippen LogP contribution >= 0.6 is 0 Å². The van der Waals surface area contributed by atoms with Gasteiger partial charge in [0, 0.05) is 14.1 Å². The number of urea groups is 1. The van der Waals surface area contributed by atoms with Crippen molar-refractivity contribution >= 4 is 18.2 Å². The molecule has 0 bridgehead atoms. The maximum atomic E-state index is 10.6. The van der Waals surface area contributed by atoms with Gasteiger partial charge in [-0.1, -0.05) is 0 Å². The lowest BCUT2D eigenvalue weighted by Crippen LogP contribution is -2.31. The van der Waals surface area contributed by atoms with Crippen LogP contribution in [0.1, 0.15) is 0 Å². The van der Waals surface area contributed by atoms with Crippen molar-refractivity contribution in [1.82, 2.24) is 10.3 Å². The monoisotopic (exact) mass is 159 g/mol. The maximum absolute atomic E-state index is 10.6. The van der Waals surface area contributed by atoms with E-state index in [0.717, 1.165) is 0 Å². The highest BCUT2D eigenvalue weighted by molar-refractivity contribution is 6.22. The second-order valence-electron chi connectivity index (χ2n) is 1.91. The molecule has 0 unspecified atom stereocenters. The van der Waals surface area contributed by atoms with Gasteiger partial charge in [0.1, 0.15) is 6.21 Å². The molecule has 0 aliphatic heterocycles. The highest BCUT2D eigenvalue weighted by atomic mass is 16.4. The van der Waals surface area contributed by atoms with Crippen molar-refractivity contribution in [1.29, 1.82) is 0 Å². The first-order chi connectivity index (χ1) is 5.04. The molecule has 0 fully saturated rings. The molecule has 2 amide bonds. The number of amides is 2. The number of rotatable bonds is 2. The number of carboxylic acids is 1. The molecule has 0 aromatic heterocycles. The van der Waals surface area contributed by atoms with E-state index in [-0.39, 0.29) is 0 Å². The Morgan fingerprint density at radius 2 is 2.09 bits per heavy atom. The summed E-state index contributed by atoms with van der Waals surface area (Å²) in [6.07, 6.45) is 0.599. The van der Waals surface area contributed by atoms with Crippen molar-refractivity contribution in [2.75, 3.05) is 14.1 Å². The van der Waals surface area contributed by atoms with Crippen LogP contribution in [0.25, 0.3) is 0 Å². The second-order valence-corrected chi connectivity index (χ2v) is 1.91. The van der Waals surface area contributed by atoms with Gasteiger partial charge < -0.3 is 10.0 Å². The van der Waals surface area contributed by atoms with Crippen LogP contribution in [-0.2, 0) is 4.79 Å². The van der Waals surface area contributed by atoms with Crippen LogP contribution in [0.3, 0.4) is 0 Å². The summed E-state index contributed by atoms with van der Waals surface area (Å²) < 4.78 is 0. The molecular formula is C5H9N3O3. The lowest BCUT2D eigenvalue weighted by atomic mass is 10.8. The molecule has 11 heavy (non-hydrogen) atoms. The van der Waals surface area contributed by atoms with Crippen LogP contribution in [0.4, 0.5) is 4.79 Å². The van der Waals surface area contributed by atoms with Crippen molar-refractivity contribution < 1.29 is 14.7 Å². The molecule has 0 aliphatic rings. The summed E-state index contributed by atoms with van der Waals surface area (Å²) in [5.41, 5.74) is 1.99. The molecule has 0 heterocycles. The summed E-state index contributed by atoms with van der Waals surface area (Å²) in [4.78, 5) is 21.7. The van der Waals surface area contributed by atoms with Gasteiger partial charge in [0.05, 0.1) is 0 Å². The van der Waals surface area contributed by atoms with E-state index < -0.39 is 12.0 Å². The number of carbonyl (C=O) groups is 2. The summed E-state index contributed by atoms with van der Waals surface area (Å²) in [5.74, 6) is -1.20. The lowest BCUT2D eigenvalue weighted by molar-refractivity contribution is -0.128. The van der Waals surface area contributed by atoms with E-state index in [4.69, 9.17) is 5.11 Å². The van der Waals surface area contributed by atoms with E-state index in [1.165, 1.54) is 19.0 Å².